The van der Waals surface area contributed by atoms with Crippen LogP contribution >= 0.6 is 0 Å². The fourth-order valence-electron chi connectivity index (χ4n) is 3.02. The molecule has 1 fully saturated rings. The maximum atomic E-state index is 12.1. The average molecular weight is 290 g/mol. The summed E-state index contributed by atoms with van der Waals surface area (Å²) in [7, 11) is 0. The van der Waals surface area contributed by atoms with Crippen molar-refractivity contribution in [2.45, 2.75) is 44.1 Å². The predicted molar refractivity (Wildman–Crippen MR) is 80.7 cm³/mol. The van der Waals surface area contributed by atoms with Gasteiger partial charge in [-0.05, 0) is 25.0 Å². The number of nitrogens with one attached hydrogen (secondary N) is 1. The summed E-state index contributed by atoms with van der Waals surface area (Å²) in [6, 6.07) is 5.49. The molecule has 0 atom stereocenters. The first-order valence-electron chi connectivity index (χ1n) is 7.63. The normalized spacial score (nSPS) is 19.9. The lowest BCUT2D eigenvalue weighted by atomic mass is 9.94. The summed E-state index contributed by atoms with van der Waals surface area (Å²) in [5.41, 5.74) is 6.64. The van der Waals surface area contributed by atoms with Crippen LogP contribution in [0.4, 0.5) is 5.69 Å². The molecule has 0 unspecified atom stereocenters. The largest absolute Gasteiger partial charge is 0.490 e. The Morgan fingerprint density at radius 1 is 1.14 bits per heavy atom. The van der Waals surface area contributed by atoms with Gasteiger partial charge in [0.05, 0.1) is 13.2 Å². The van der Waals surface area contributed by atoms with Crippen molar-refractivity contribution in [3.63, 3.8) is 0 Å². The van der Waals surface area contributed by atoms with Crippen molar-refractivity contribution in [3.05, 3.63) is 18.2 Å². The Morgan fingerprint density at radius 2 is 1.86 bits per heavy atom. The van der Waals surface area contributed by atoms with Crippen molar-refractivity contribution in [2.75, 3.05) is 18.5 Å². The fourth-order valence-corrected chi connectivity index (χ4v) is 3.02. The van der Waals surface area contributed by atoms with Crippen molar-refractivity contribution in [3.8, 4) is 11.5 Å². The zero-order valence-electron chi connectivity index (χ0n) is 12.2. The number of carbonyl (C=O) groups excluding carboxylic acids is 1. The molecule has 0 bridgehead atoms. The number of ether oxygens (including phenoxy) is 2. The van der Waals surface area contributed by atoms with Crippen LogP contribution in [0, 0.1) is 0 Å². The Kier molecular flexibility index (Phi) is 4.01. The quantitative estimate of drug-likeness (QED) is 0.896. The molecule has 1 aromatic carbocycles. The number of hydrogen-bond donors (Lipinski definition) is 2. The van der Waals surface area contributed by atoms with Crippen LogP contribution in [-0.4, -0.2) is 24.7 Å². The van der Waals surface area contributed by atoms with E-state index in [1.54, 1.807) is 0 Å². The summed E-state index contributed by atoms with van der Waals surface area (Å²) in [5.74, 6) is 1.39. The molecular formula is C16H22N2O3. The predicted octanol–water partition coefficient (Wildman–Crippen LogP) is 2.45. The van der Waals surface area contributed by atoms with E-state index in [1.807, 2.05) is 18.2 Å². The lowest BCUT2D eigenvalue weighted by molar-refractivity contribution is -0.117. The molecule has 1 aliphatic heterocycles. The standard InChI is InChI=1S/C16H22N2O3/c17-16(6-1-2-7-16)11-15(19)18-12-4-5-13-14(10-12)21-9-3-8-20-13/h4-5,10H,1-3,6-9,11,17H2,(H,18,19). The van der Waals surface area contributed by atoms with E-state index < -0.39 is 0 Å². The van der Waals surface area contributed by atoms with E-state index in [0.29, 0.717) is 25.4 Å². The number of anilines is 1. The van der Waals surface area contributed by atoms with Crippen LogP contribution in [-0.2, 0) is 4.79 Å². The van der Waals surface area contributed by atoms with E-state index in [4.69, 9.17) is 15.2 Å². The molecule has 1 amide bonds. The number of rotatable bonds is 3. The summed E-state index contributed by atoms with van der Waals surface area (Å²) < 4.78 is 11.2. The van der Waals surface area contributed by atoms with E-state index in [0.717, 1.165) is 43.5 Å². The van der Waals surface area contributed by atoms with Gasteiger partial charge in [0.1, 0.15) is 0 Å². The molecule has 0 aromatic heterocycles. The molecule has 21 heavy (non-hydrogen) atoms. The van der Waals surface area contributed by atoms with Gasteiger partial charge in [0.25, 0.3) is 0 Å². The second-order valence-corrected chi connectivity index (χ2v) is 6.01. The van der Waals surface area contributed by atoms with E-state index in [1.165, 1.54) is 0 Å². The van der Waals surface area contributed by atoms with Crippen molar-refractivity contribution in [1.82, 2.24) is 0 Å². The van der Waals surface area contributed by atoms with Gasteiger partial charge >= 0.3 is 0 Å². The Hall–Kier alpha value is -1.75. The summed E-state index contributed by atoms with van der Waals surface area (Å²) in [5, 5.41) is 2.91. The number of hydrogen-bond acceptors (Lipinski definition) is 4. The molecule has 0 radical (unpaired) electrons. The molecule has 2 aliphatic rings. The van der Waals surface area contributed by atoms with Gasteiger partial charge in [-0.2, -0.15) is 0 Å². The highest BCUT2D eigenvalue weighted by atomic mass is 16.5. The van der Waals surface area contributed by atoms with Crippen LogP contribution in [0.25, 0.3) is 0 Å². The van der Waals surface area contributed by atoms with Crippen LogP contribution in [0.5, 0.6) is 11.5 Å². The molecule has 0 spiro atoms. The van der Waals surface area contributed by atoms with Gasteiger partial charge in [0, 0.05) is 30.1 Å². The van der Waals surface area contributed by atoms with Crippen LogP contribution in [0.3, 0.4) is 0 Å². The first kappa shape index (κ1) is 14.2. The monoisotopic (exact) mass is 290 g/mol. The van der Waals surface area contributed by atoms with Crippen molar-refractivity contribution < 1.29 is 14.3 Å². The highest BCUT2D eigenvalue weighted by Gasteiger charge is 2.31. The minimum absolute atomic E-state index is 0.0334. The van der Waals surface area contributed by atoms with Gasteiger partial charge in [-0.15, -0.1) is 0 Å². The third kappa shape index (κ3) is 3.47. The summed E-state index contributed by atoms with van der Waals surface area (Å²) in [4.78, 5) is 12.1. The van der Waals surface area contributed by atoms with Gasteiger partial charge < -0.3 is 20.5 Å². The van der Waals surface area contributed by atoms with E-state index in [9.17, 15) is 4.79 Å². The van der Waals surface area contributed by atoms with Gasteiger partial charge in [-0.25, -0.2) is 0 Å². The number of amides is 1. The second kappa shape index (κ2) is 5.93. The molecule has 1 heterocycles. The van der Waals surface area contributed by atoms with Crippen molar-refractivity contribution >= 4 is 11.6 Å². The molecule has 5 heteroatoms. The zero-order chi connectivity index (χ0) is 14.7. The minimum atomic E-state index is -0.324. The molecule has 5 nitrogen and oxygen atoms in total. The molecule has 3 rings (SSSR count). The zero-order valence-corrected chi connectivity index (χ0v) is 12.2. The number of nitrogens with two attached hydrogens (primary N) is 1. The van der Waals surface area contributed by atoms with Gasteiger partial charge in [-0.3, -0.25) is 4.79 Å². The molecule has 0 saturated heterocycles. The average Bonchev–Trinajstić information content (AvgIpc) is 2.73. The number of fused-ring (bicyclic) bond motifs is 1. The lowest BCUT2D eigenvalue weighted by Gasteiger charge is -2.22. The van der Waals surface area contributed by atoms with Gasteiger partial charge in [0.15, 0.2) is 11.5 Å². The molecular weight excluding hydrogens is 268 g/mol. The third-order valence-corrected chi connectivity index (χ3v) is 4.14. The third-order valence-electron chi connectivity index (χ3n) is 4.14. The highest BCUT2D eigenvalue weighted by Crippen LogP contribution is 2.33. The molecule has 1 aromatic rings. The molecule has 1 aliphatic carbocycles. The van der Waals surface area contributed by atoms with Crippen LogP contribution in [0.2, 0.25) is 0 Å². The Morgan fingerprint density at radius 3 is 2.62 bits per heavy atom. The van der Waals surface area contributed by atoms with Crippen LogP contribution in [0.1, 0.15) is 38.5 Å². The lowest BCUT2D eigenvalue weighted by Crippen LogP contribution is -2.40. The summed E-state index contributed by atoms with van der Waals surface area (Å²) in [6.45, 7) is 1.30. The van der Waals surface area contributed by atoms with Crippen molar-refractivity contribution in [1.29, 1.82) is 0 Å². The van der Waals surface area contributed by atoms with Crippen molar-refractivity contribution in [2.24, 2.45) is 5.73 Å². The Balaban J connectivity index is 1.64. The SMILES string of the molecule is NC1(CC(=O)Nc2ccc3c(c2)OCCCO3)CCCC1. The van der Waals surface area contributed by atoms with E-state index in [-0.39, 0.29) is 11.4 Å². The molecule has 114 valence electrons. The van der Waals surface area contributed by atoms with Gasteiger partial charge in [-0.1, -0.05) is 12.8 Å². The fraction of sp³-hybridized carbons (Fsp3) is 0.562. The maximum absolute atomic E-state index is 12.1. The maximum Gasteiger partial charge on any atom is 0.226 e. The second-order valence-electron chi connectivity index (χ2n) is 6.01. The Labute approximate surface area is 124 Å². The molecule has 1 saturated carbocycles. The van der Waals surface area contributed by atoms with Crippen LogP contribution in [0.15, 0.2) is 18.2 Å². The Bertz CT molecular complexity index is 524. The first-order valence-corrected chi connectivity index (χ1v) is 7.63. The smallest absolute Gasteiger partial charge is 0.226 e. The van der Waals surface area contributed by atoms with E-state index >= 15 is 0 Å². The number of carbonyl (C=O) groups is 1. The minimum Gasteiger partial charge on any atom is -0.490 e. The summed E-state index contributed by atoms with van der Waals surface area (Å²) >= 11 is 0. The molecule has 3 N–H and O–H groups in total. The topological polar surface area (TPSA) is 73.6 Å². The highest BCUT2D eigenvalue weighted by molar-refractivity contribution is 5.91. The van der Waals surface area contributed by atoms with Crippen LogP contribution < -0.4 is 20.5 Å². The summed E-state index contributed by atoms with van der Waals surface area (Å²) in [6.07, 6.45) is 5.35. The van der Waals surface area contributed by atoms with E-state index in [2.05, 4.69) is 5.32 Å². The first-order chi connectivity index (χ1) is 10.1. The number of benzene rings is 1. The van der Waals surface area contributed by atoms with Gasteiger partial charge in [0.2, 0.25) is 5.91 Å².